The molecule has 8 nitrogen and oxygen atoms in total. The fraction of sp³-hybridized carbons (Fsp3) is 0.361. The topological polar surface area (TPSA) is 114 Å². The number of carbonyl (C=O) groups is 3. The number of nitrogens with one attached hydrogen (secondary N) is 2. The average Bonchev–Trinajstić information content (AvgIpc) is 3.63. The van der Waals surface area contributed by atoms with Crippen LogP contribution in [0.1, 0.15) is 87.2 Å². The highest BCUT2D eigenvalue weighted by Gasteiger charge is 2.31. The van der Waals surface area contributed by atoms with E-state index in [-0.39, 0.29) is 11.8 Å². The predicted octanol–water partition coefficient (Wildman–Crippen LogP) is 7.85. The summed E-state index contributed by atoms with van der Waals surface area (Å²) in [5.41, 5.74) is 5.11. The molecule has 0 unspecified atom stereocenters. The minimum atomic E-state index is -1.21. The number of hydrogen-bond donors (Lipinski definition) is 3. The third kappa shape index (κ3) is 6.80. The second-order valence-corrected chi connectivity index (χ2v) is 12.7. The van der Waals surface area contributed by atoms with Gasteiger partial charge >= 0.3 is 5.97 Å². The van der Waals surface area contributed by atoms with E-state index in [1.165, 1.54) is 42.0 Å². The molecular formula is C36H41N3O5. The van der Waals surface area contributed by atoms with Gasteiger partial charge < -0.3 is 24.7 Å². The Morgan fingerprint density at radius 1 is 1.05 bits per heavy atom. The maximum absolute atomic E-state index is 13.6. The van der Waals surface area contributed by atoms with Crippen molar-refractivity contribution >= 4 is 40.4 Å². The summed E-state index contributed by atoms with van der Waals surface area (Å²) < 4.78 is 7.88. The lowest BCUT2D eigenvalue weighted by Crippen LogP contribution is -2.52. The van der Waals surface area contributed by atoms with Crippen LogP contribution in [0.2, 0.25) is 0 Å². The minimum absolute atomic E-state index is 0.331. The van der Waals surface area contributed by atoms with Crippen LogP contribution in [0.15, 0.2) is 71.6 Å². The van der Waals surface area contributed by atoms with E-state index >= 15 is 0 Å². The number of amides is 2. The molecule has 2 heterocycles. The van der Waals surface area contributed by atoms with E-state index in [0.29, 0.717) is 28.7 Å². The van der Waals surface area contributed by atoms with Crippen molar-refractivity contribution < 1.29 is 23.9 Å². The maximum atomic E-state index is 13.6. The van der Waals surface area contributed by atoms with Crippen LogP contribution >= 0.6 is 0 Å². The normalized spacial score (nSPS) is 14.4. The van der Waals surface area contributed by atoms with Gasteiger partial charge in [0, 0.05) is 40.3 Å². The van der Waals surface area contributed by atoms with Crippen LogP contribution in [-0.4, -0.2) is 33.0 Å². The number of carboxylic acid groups (broad SMARTS) is 1. The standard InChI is InChI=1S/C36H41N3O5/c1-23(2)21-39-30-20-26(13-16-29(30)32(25-8-6-5-7-9-25)33(39)27-18-19-44-22-27)34(42)38-36(3,4)35(43)37-28-14-10-24(11-15-28)12-17-31(40)41/h10-20,22-23,25H,5-9,21H2,1-4H3,(H,37,43)(H,38,42)(H,40,41)/b17-12+. The van der Waals surface area contributed by atoms with Gasteiger partial charge in [-0.3, -0.25) is 9.59 Å². The van der Waals surface area contributed by atoms with E-state index in [4.69, 9.17) is 9.52 Å². The number of aromatic nitrogens is 1. The molecule has 2 amide bonds. The van der Waals surface area contributed by atoms with Crippen LogP contribution in [-0.2, 0) is 16.1 Å². The smallest absolute Gasteiger partial charge is 0.328 e. The summed E-state index contributed by atoms with van der Waals surface area (Å²) >= 11 is 0. The predicted molar refractivity (Wildman–Crippen MR) is 174 cm³/mol. The van der Waals surface area contributed by atoms with Crippen LogP contribution in [0, 0.1) is 5.92 Å². The average molecular weight is 596 g/mol. The Labute approximate surface area is 258 Å². The third-order valence-corrected chi connectivity index (χ3v) is 8.30. The lowest BCUT2D eigenvalue weighted by molar-refractivity contribution is -0.131. The number of carboxylic acids is 1. The van der Waals surface area contributed by atoms with Crippen molar-refractivity contribution in [2.75, 3.05) is 5.32 Å². The highest BCUT2D eigenvalue weighted by Crippen LogP contribution is 2.44. The summed E-state index contributed by atoms with van der Waals surface area (Å²) in [6.07, 6.45) is 12.1. The summed E-state index contributed by atoms with van der Waals surface area (Å²) in [7, 11) is 0. The Morgan fingerprint density at radius 3 is 2.41 bits per heavy atom. The second-order valence-electron chi connectivity index (χ2n) is 12.7. The molecule has 2 aromatic heterocycles. The summed E-state index contributed by atoms with van der Waals surface area (Å²) in [6, 6.07) is 14.7. The highest BCUT2D eigenvalue weighted by atomic mass is 16.4. The van der Waals surface area contributed by atoms with Gasteiger partial charge in [-0.25, -0.2) is 4.79 Å². The molecule has 1 fully saturated rings. The number of nitrogens with zero attached hydrogens (tertiary/aromatic N) is 1. The number of furan rings is 1. The Morgan fingerprint density at radius 2 is 1.77 bits per heavy atom. The van der Waals surface area contributed by atoms with Crippen molar-refractivity contribution in [1.82, 2.24) is 9.88 Å². The molecule has 0 spiro atoms. The Bertz CT molecular complexity index is 1670. The molecule has 230 valence electrons. The van der Waals surface area contributed by atoms with E-state index in [1.54, 1.807) is 44.4 Å². The van der Waals surface area contributed by atoms with Gasteiger partial charge in [0.25, 0.3) is 5.91 Å². The van der Waals surface area contributed by atoms with E-state index < -0.39 is 11.5 Å². The number of benzene rings is 2. The molecule has 1 aliphatic rings. The SMILES string of the molecule is CC(C)Cn1c(-c2ccoc2)c(C2CCCCC2)c2ccc(C(=O)NC(C)(C)C(=O)Nc3ccc(/C=C/C(=O)O)cc3)cc21. The van der Waals surface area contributed by atoms with Crippen molar-refractivity contribution in [1.29, 1.82) is 0 Å². The van der Waals surface area contributed by atoms with Crippen LogP contribution in [0.5, 0.6) is 0 Å². The summed E-state index contributed by atoms with van der Waals surface area (Å²) in [4.78, 5) is 37.6. The van der Waals surface area contributed by atoms with Crippen LogP contribution in [0.25, 0.3) is 28.2 Å². The Hall–Kier alpha value is -4.59. The zero-order valence-electron chi connectivity index (χ0n) is 25.9. The Kier molecular flexibility index (Phi) is 9.09. The molecular weight excluding hydrogens is 554 g/mol. The zero-order valence-corrected chi connectivity index (χ0v) is 25.9. The molecule has 0 atom stereocenters. The number of fused-ring (bicyclic) bond motifs is 1. The highest BCUT2D eigenvalue weighted by molar-refractivity contribution is 6.05. The fourth-order valence-corrected chi connectivity index (χ4v) is 6.13. The van der Waals surface area contributed by atoms with E-state index in [2.05, 4.69) is 35.1 Å². The molecule has 3 N–H and O–H groups in total. The fourth-order valence-electron chi connectivity index (χ4n) is 6.13. The van der Waals surface area contributed by atoms with Crippen molar-refractivity contribution in [3.63, 3.8) is 0 Å². The number of hydrogen-bond acceptors (Lipinski definition) is 4. The minimum Gasteiger partial charge on any atom is -0.478 e. The molecule has 0 bridgehead atoms. The molecule has 4 aromatic rings. The first-order chi connectivity index (χ1) is 21.0. The summed E-state index contributed by atoms with van der Waals surface area (Å²) in [5.74, 6) is -0.893. The van der Waals surface area contributed by atoms with Crippen molar-refractivity contribution in [2.24, 2.45) is 5.92 Å². The quantitative estimate of drug-likeness (QED) is 0.162. The number of aliphatic carboxylic acids is 1. The first kappa shape index (κ1) is 30.9. The lowest BCUT2D eigenvalue weighted by atomic mass is 9.82. The largest absolute Gasteiger partial charge is 0.478 e. The first-order valence-corrected chi connectivity index (χ1v) is 15.4. The Balaban J connectivity index is 1.43. The van der Waals surface area contributed by atoms with Crippen molar-refractivity contribution in [2.45, 2.75) is 77.8 Å². The van der Waals surface area contributed by atoms with Crippen LogP contribution in [0.4, 0.5) is 5.69 Å². The number of anilines is 1. The van der Waals surface area contributed by atoms with Gasteiger partial charge in [-0.15, -0.1) is 0 Å². The molecule has 8 heteroatoms. The second kappa shape index (κ2) is 13.0. The molecule has 1 saturated carbocycles. The van der Waals surface area contributed by atoms with Crippen molar-refractivity contribution in [3.05, 3.63) is 83.8 Å². The summed E-state index contributed by atoms with van der Waals surface area (Å²) in [6.45, 7) is 8.53. The van der Waals surface area contributed by atoms with Gasteiger partial charge in [-0.2, -0.15) is 0 Å². The molecule has 2 aromatic carbocycles. The van der Waals surface area contributed by atoms with Gasteiger partial charge in [0.2, 0.25) is 5.91 Å². The van der Waals surface area contributed by atoms with Crippen LogP contribution in [0.3, 0.4) is 0 Å². The van der Waals surface area contributed by atoms with Gasteiger partial charge in [0.05, 0.1) is 18.2 Å². The molecule has 44 heavy (non-hydrogen) atoms. The van der Waals surface area contributed by atoms with Gasteiger partial charge in [-0.1, -0.05) is 51.3 Å². The summed E-state index contributed by atoms with van der Waals surface area (Å²) in [5, 5.41) is 15.8. The maximum Gasteiger partial charge on any atom is 0.328 e. The number of carbonyl (C=O) groups excluding carboxylic acids is 2. The first-order valence-electron chi connectivity index (χ1n) is 15.4. The van der Waals surface area contributed by atoms with Gasteiger partial charge in [0.15, 0.2) is 0 Å². The lowest BCUT2D eigenvalue weighted by Gasteiger charge is -2.25. The van der Waals surface area contributed by atoms with E-state index in [9.17, 15) is 14.4 Å². The molecule has 5 rings (SSSR count). The zero-order chi connectivity index (χ0) is 31.4. The van der Waals surface area contributed by atoms with Gasteiger partial charge in [-0.05, 0) is 86.1 Å². The molecule has 0 aliphatic heterocycles. The third-order valence-electron chi connectivity index (χ3n) is 8.30. The van der Waals surface area contributed by atoms with E-state index in [0.717, 1.165) is 36.5 Å². The van der Waals surface area contributed by atoms with Crippen molar-refractivity contribution in [3.8, 4) is 11.3 Å². The van der Waals surface area contributed by atoms with Gasteiger partial charge in [0.1, 0.15) is 5.54 Å². The molecule has 1 aliphatic carbocycles. The van der Waals surface area contributed by atoms with E-state index in [1.807, 2.05) is 24.5 Å². The monoisotopic (exact) mass is 595 g/mol. The molecule has 0 radical (unpaired) electrons. The van der Waals surface area contributed by atoms with Crippen LogP contribution < -0.4 is 10.6 Å². The molecule has 0 saturated heterocycles. The number of rotatable bonds is 10.